The zero-order valence-corrected chi connectivity index (χ0v) is 17.4. The molecule has 6 heteroatoms. The van der Waals surface area contributed by atoms with Crippen molar-refractivity contribution in [3.8, 4) is 11.4 Å². The molecule has 6 nitrogen and oxygen atoms in total. The second-order valence-corrected chi connectivity index (χ2v) is 8.31. The lowest BCUT2D eigenvalue weighted by molar-refractivity contribution is 0.544. The molecular formula is C23H28N6. The zero-order valence-electron chi connectivity index (χ0n) is 17.4. The van der Waals surface area contributed by atoms with E-state index in [1.54, 1.807) is 12.4 Å². The van der Waals surface area contributed by atoms with E-state index in [0.29, 0.717) is 6.04 Å². The molecule has 4 heterocycles. The number of amidine groups is 1. The molecule has 1 fully saturated rings. The fourth-order valence-corrected chi connectivity index (χ4v) is 4.81. The Labute approximate surface area is 172 Å². The minimum absolute atomic E-state index is 0.222. The Morgan fingerprint density at radius 2 is 1.90 bits per heavy atom. The molecule has 0 saturated heterocycles. The van der Waals surface area contributed by atoms with Crippen LogP contribution in [-0.4, -0.2) is 38.9 Å². The third-order valence-electron chi connectivity index (χ3n) is 6.50. The lowest BCUT2D eigenvalue weighted by atomic mass is 9.99. The summed E-state index contributed by atoms with van der Waals surface area (Å²) in [5.74, 6) is 2.95. The molecule has 2 aromatic heterocycles. The monoisotopic (exact) mass is 388 g/mol. The molecule has 29 heavy (non-hydrogen) atoms. The van der Waals surface area contributed by atoms with Crippen LogP contribution in [0.25, 0.3) is 11.4 Å². The average molecular weight is 389 g/mol. The van der Waals surface area contributed by atoms with Crippen LogP contribution in [0.2, 0.25) is 0 Å². The molecule has 0 radical (unpaired) electrons. The fraction of sp³-hybridized carbons (Fsp3) is 0.478. The number of nitrogens with zero attached hydrogens (tertiary/aromatic N) is 6. The van der Waals surface area contributed by atoms with Gasteiger partial charge >= 0.3 is 0 Å². The Balaban J connectivity index is 1.69. The van der Waals surface area contributed by atoms with Crippen molar-refractivity contribution in [3.05, 3.63) is 42.5 Å². The Hall–Kier alpha value is -2.76. The fourth-order valence-electron chi connectivity index (χ4n) is 4.81. The molecule has 3 aliphatic rings. The number of aromatic nitrogens is 3. The van der Waals surface area contributed by atoms with Gasteiger partial charge in [0.15, 0.2) is 11.6 Å². The largest absolute Gasteiger partial charge is 0.342 e. The van der Waals surface area contributed by atoms with Gasteiger partial charge in [0.2, 0.25) is 0 Å². The summed E-state index contributed by atoms with van der Waals surface area (Å²) in [6.07, 6.45) is 13.8. The molecule has 2 aromatic rings. The summed E-state index contributed by atoms with van der Waals surface area (Å²) >= 11 is 0. The molecule has 0 bridgehead atoms. The van der Waals surface area contributed by atoms with Crippen molar-refractivity contribution in [1.29, 1.82) is 0 Å². The van der Waals surface area contributed by atoms with Gasteiger partial charge < -0.3 is 4.90 Å². The van der Waals surface area contributed by atoms with E-state index in [9.17, 15) is 0 Å². The molecule has 2 aliphatic heterocycles. The lowest BCUT2D eigenvalue weighted by Crippen LogP contribution is -2.56. The summed E-state index contributed by atoms with van der Waals surface area (Å²) in [5, 5.41) is 0. The SMILES string of the molecule is CCC1C2=NC(C)C(C)=CN2c2cnc(-c3ccncc3)nc2N1C1CCCC1. The maximum absolute atomic E-state index is 5.11. The lowest BCUT2D eigenvalue weighted by Gasteiger charge is -2.47. The number of pyridine rings is 1. The molecule has 1 aliphatic carbocycles. The maximum atomic E-state index is 5.11. The third kappa shape index (κ3) is 3.02. The third-order valence-corrected chi connectivity index (χ3v) is 6.50. The first kappa shape index (κ1) is 18.3. The van der Waals surface area contributed by atoms with Crippen LogP contribution in [0.15, 0.2) is 47.5 Å². The number of hydrogen-bond acceptors (Lipinski definition) is 6. The minimum atomic E-state index is 0.222. The molecule has 0 spiro atoms. The minimum Gasteiger partial charge on any atom is -0.342 e. The molecule has 2 unspecified atom stereocenters. The van der Waals surface area contributed by atoms with E-state index in [4.69, 9.17) is 15.0 Å². The number of rotatable bonds is 3. The summed E-state index contributed by atoms with van der Waals surface area (Å²) in [4.78, 5) is 23.9. The number of anilines is 2. The smallest absolute Gasteiger partial charge is 0.161 e. The molecule has 0 amide bonds. The van der Waals surface area contributed by atoms with E-state index >= 15 is 0 Å². The van der Waals surface area contributed by atoms with E-state index in [1.165, 1.54) is 31.3 Å². The number of hydrogen-bond donors (Lipinski definition) is 0. The second-order valence-electron chi connectivity index (χ2n) is 8.31. The van der Waals surface area contributed by atoms with Crippen LogP contribution in [0.4, 0.5) is 11.5 Å². The average Bonchev–Trinajstić information content (AvgIpc) is 3.28. The summed E-state index contributed by atoms with van der Waals surface area (Å²) in [6, 6.07) is 4.94. The van der Waals surface area contributed by atoms with Crippen LogP contribution >= 0.6 is 0 Å². The maximum Gasteiger partial charge on any atom is 0.161 e. The standard InChI is InChI=1S/C23H28N6/c1-4-19-22-26-16(3)15(2)14-28(22)20-13-25-21(17-9-11-24-12-10-17)27-23(20)29(19)18-7-5-6-8-18/h9-14,16,18-19H,4-8H2,1-3H3. The second kappa shape index (κ2) is 7.25. The van der Waals surface area contributed by atoms with Crippen molar-refractivity contribution in [1.82, 2.24) is 15.0 Å². The van der Waals surface area contributed by atoms with Crippen molar-refractivity contribution in [2.45, 2.75) is 71.0 Å². The van der Waals surface area contributed by atoms with Crippen LogP contribution in [0.5, 0.6) is 0 Å². The van der Waals surface area contributed by atoms with Crippen molar-refractivity contribution in [3.63, 3.8) is 0 Å². The summed E-state index contributed by atoms with van der Waals surface area (Å²) < 4.78 is 0. The predicted molar refractivity (Wildman–Crippen MR) is 117 cm³/mol. The van der Waals surface area contributed by atoms with E-state index in [0.717, 1.165) is 35.1 Å². The van der Waals surface area contributed by atoms with Crippen molar-refractivity contribution >= 4 is 17.3 Å². The van der Waals surface area contributed by atoms with E-state index in [-0.39, 0.29) is 12.1 Å². The predicted octanol–water partition coefficient (Wildman–Crippen LogP) is 4.59. The Kier molecular flexibility index (Phi) is 4.57. The van der Waals surface area contributed by atoms with Crippen LogP contribution in [0.1, 0.15) is 52.9 Å². The van der Waals surface area contributed by atoms with Crippen LogP contribution in [0, 0.1) is 0 Å². The van der Waals surface area contributed by atoms with Gasteiger partial charge in [-0.1, -0.05) is 19.8 Å². The van der Waals surface area contributed by atoms with E-state index < -0.39 is 0 Å². The highest BCUT2D eigenvalue weighted by Gasteiger charge is 2.42. The number of fused-ring (bicyclic) bond motifs is 3. The Bertz CT molecular complexity index is 961. The molecule has 0 aromatic carbocycles. The van der Waals surface area contributed by atoms with Gasteiger partial charge in [0.05, 0.1) is 18.3 Å². The van der Waals surface area contributed by atoms with E-state index in [1.807, 2.05) is 18.3 Å². The first-order chi connectivity index (χ1) is 14.2. The first-order valence-electron chi connectivity index (χ1n) is 10.8. The van der Waals surface area contributed by atoms with Crippen LogP contribution < -0.4 is 9.80 Å². The van der Waals surface area contributed by atoms with Gasteiger partial charge in [0, 0.05) is 30.2 Å². The van der Waals surface area contributed by atoms with Gasteiger partial charge in [0.1, 0.15) is 11.5 Å². The van der Waals surface area contributed by atoms with Gasteiger partial charge in [-0.3, -0.25) is 14.9 Å². The molecule has 0 N–H and O–H groups in total. The van der Waals surface area contributed by atoms with Gasteiger partial charge in [-0.05, 0) is 50.8 Å². The Morgan fingerprint density at radius 1 is 1.14 bits per heavy atom. The Morgan fingerprint density at radius 3 is 2.62 bits per heavy atom. The van der Waals surface area contributed by atoms with Crippen LogP contribution in [0.3, 0.4) is 0 Å². The van der Waals surface area contributed by atoms with E-state index in [2.05, 4.69) is 41.8 Å². The normalized spacial score (nSPS) is 24.1. The van der Waals surface area contributed by atoms with Crippen molar-refractivity contribution < 1.29 is 0 Å². The first-order valence-corrected chi connectivity index (χ1v) is 10.8. The topological polar surface area (TPSA) is 57.5 Å². The molecule has 2 atom stereocenters. The van der Waals surface area contributed by atoms with Crippen LogP contribution in [-0.2, 0) is 0 Å². The summed E-state index contributed by atoms with van der Waals surface area (Å²) in [7, 11) is 0. The van der Waals surface area contributed by atoms with Crippen molar-refractivity contribution in [2.75, 3.05) is 9.80 Å². The van der Waals surface area contributed by atoms with Crippen molar-refractivity contribution in [2.24, 2.45) is 4.99 Å². The van der Waals surface area contributed by atoms with Gasteiger partial charge in [-0.2, -0.15) is 0 Å². The summed E-state index contributed by atoms with van der Waals surface area (Å²) in [5.41, 5.74) is 3.31. The van der Waals surface area contributed by atoms with Gasteiger partial charge in [0.25, 0.3) is 0 Å². The quantitative estimate of drug-likeness (QED) is 0.770. The zero-order chi connectivity index (χ0) is 20.0. The van der Waals surface area contributed by atoms with Gasteiger partial charge in [-0.25, -0.2) is 9.97 Å². The molecule has 5 rings (SSSR count). The highest BCUT2D eigenvalue weighted by atomic mass is 15.4. The molecule has 150 valence electrons. The highest BCUT2D eigenvalue weighted by molar-refractivity contribution is 6.10. The highest BCUT2D eigenvalue weighted by Crippen LogP contribution is 2.42. The molecular weight excluding hydrogens is 360 g/mol. The summed E-state index contributed by atoms with van der Waals surface area (Å²) in [6.45, 7) is 6.60. The molecule has 1 saturated carbocycles. The van der Waals surface area contributed by atoms with Gasteiger partial charge in [-0.15, -0.1) is 0 Å². The number of aliphatic imine (C=N–C) groups is 1.